The third-order valence-corrected chi connectivity index (χ3v) is 5.18. The molecule has 0 spiro atoms. The predicted molar refractivity (Wildman–Crippen MR) is 95.0 cm³/mol. The van der Waals surface area contributed by atoms with Crippen molar-refractivity contribution < 1.29 is 14.3 Å². The maximum atomic E-state index is 13.2. The van der Waals surface area contributed by atoms with Crippen LogP contribution in [-0.2, 0) is 14.3 Å². The number of nitrogens with zero attached hydrogens (tertiary/aromatic N) is 3. The van der Waals surface area contributed by atoms with E-state index in [1.165, 1.54) is 0 Å². The second kappa shape index (κ2) is 7.97. The van der Waals surface area contributed by atoms with Crippen molar-refractivity contribution in [2.75, 3.05) is 53.5 Å². The van der Waals surface area contributed by atoms with E-state index in [0.717, 1.165) is 18.7 Å². The second-order valence-corrected chi connectivity index (χ2v) is 6.95. The van der Waals surface area contributed by atoms with Crippen LogP contribution in [0.5, 0.6) is 0 Å². The van der Waals surface area contributed by atoms with Gasteiger partial charge in [-0.1, -0.05) is 30.3 Å². The van der Waals surface area contributed by atoms with Crippen LogP contribution in [0.3, 0.4) is 0 Å². The summed E-state index contributed by atoms with van der Waals surface area (Å²) >= 11 is 0. The molecule has 0 bridgehead atoms. The van der Waals surface area contributed by atoms with Gasteiger partial charge in [0.15, 0.2) is 0 Å². The van der Waals surface area contributed by atoms with E-state index in [9.17, 15) is 9.59 Å². The fourth-order valence-electron chi connectivity index (χ4n) is 3.73. The molecule has 2 heterocycles. The quantitative estimate of drug-likeness (QED) is 0.799. The van der Waals surface area contributed by atoms with Gasteiger partial charge in [-0.05, 0) is 12.6 Å². The van der Waals surface area contributed by atoms with Gasteiger partial charge in [-0.2, -0.15) is 0 Å². The lowest BCUT2D eigenvalue weighted by Crippen LogP contribution is -2.51. The highest BCUT2D eigenvalue weighted by Gasteiger charge is 2.39. The number of carbonyl (C=O) groups excluding carboxylic acids is 2. The van der Waals surface area contributed by atoms with Crippen molar-refractivity contribution in [2.45, 2.75) is 12.5 Å². The largest absolute Gasteiger partial charge is 0.383 e. The van der Waals surface area contributed by atoms with Crippen molar-refractivity contribution >= 4 is 11.8 Å². The zero-order valence-electron chi connectivity index (χ0n) is 15.1. The molecule has 2 saturated heterocycles. The molecule has 2 aliphatic heterocycles. The molecule has 1 aromatic carbocycles. The molecule has 3 rings (SSSR count). The molecule has 2 atom stereocenters. The van der Waals surface area contributed by atoms with Gasteiger partial charge in [-0.25, -0.2) is 0 Å². The van der Waals surface area contributed by atoms with E-state index < -0.39 is 0 Å². The molecule has 136 valence electrons. The Morgan fingerprint density at radius 3 is 2.68 bits per heavy atom. The average molecular weight is 345 g/mol. The minimum atomic E-state index is -0.237. The number of amides is 2. The van der Waals surface area contributed by atoms with Crippen LogP contribution < -0.4 is 0 Å². The van der Waals surface area contributed by atoms with E-state index in [4.69, 9.17) is 4.74 Å². The van der Waals surface area contributed by atoms with Crippen LogP contribution in [0.2, 0.25) is 0 Å². The molecular formula is C19H27N3O3. The number of ether oxygens (including phenoxy) is 1. The summed E-state index contributed by atoms with van der Waals surface area (Å²) in [7, 11) is 3.71. The van der Waals surface area contributed by atoms with Crippen molar-refractivity contribution in [1.29, 1.82) is 0 Å². The van der Waals surface area contributed by atoms with Gasteiger partial charge < -0.3 is 19.4 Å². The molecule has 1 aromatic rings. The molecule has 2 fully saturated rings. The monoisotopic (exact) mass is 345 g/mol. The molecule has 2 unspecified atom stereocenters. The Morgan fingerprint density at radius 2 is 1.96 bits per heavy atom. The van der Waals surface area contributed by atoms with E-state index in [0.29, 0.717) is 32.7 Å². The highest BCUT2D eigenvalue weighted by molar-refractivity contribution is 5.89. The van der Waals surface area contributed by atoms with E-state index >= 15 is 0 Å². The minimum Gasteiger partial charge on any atom is -0.383 e. The second-order valence-electron chi connectivity index (χ2n) is 6.95. The Balaban J connectivity index is 1.72. The lowest BCUT2D eigenvalue weighted by atomic mass is 9.99. The highest BCUT2D eigenvalue weighted by Crippen LogP contribution is 2.29. The minimum absolute atomic E-state index is 0.0515. The first-order chi connectivity index (χ1) is 12.1. The molecular weight excluding hydrogens is 318 g/mol. The molecule has 6 nitrogen and oxygen atoms in total. The number of hydrogen-bond acceptors (Lipinski definition) is 4. The zero-order chi connectivity index (χ0) is 17.8. The first-order valence-corrected chi connectivity index (χ1v) is 8.91. The standard InChI is InChI=1S/C19H27N3O3/c1-20-8-9-22(17(14-20)15-6-4-3-5-7-15)19(24)16-12-18(23)21(13-16)10-11-25-2/h3-7,16-17H,8-14H2,1-2H3. The van der Waals surface area contributed by atoms with Crippen molar-refractivity contribution in [2.24, 2.45) is 5.92 Å². The first kappa shape index (κ1) is 17.9. The maximum Gasteiger partial charge on any atom is 0.228 e. The first-order valence-electron chi connectivity index (χ1n) is 8.91. The van der Waals surface area contributed by atoms with Crippen LogP contribution in [0.25, 0.3) is 0 Å². The Labute approximate surface area is 149 Å². The smallest absolute Gasteiger partial charge is 0.228 e. The normalized spacial score (nSPS) is 24.8. The number of likely N-dealkylation sites (N-methyl/N-ethyl adjacent to an activating group) is 1. The van der Waals surface area contributed by atoms with Crippen molar-refractivity contribution in [3.63, 3.8) is 0 Å². The number of carbonyl (C=O) groups is 2. The summed E-state index contributed by atoms with van der Waals surface area (Å²) < 4.78 is 5.06. The Kier molecular flexibility index (Phi) is 5.71. The predicted octanol–water partition coefficient (Wildman–Crippen LogP) is 0.997. The topological polar surface area (TPSA) is 53.1 Å². The van der Waals surface area contributed by atoms with Crippen LogP contribution >= 0.6 is 0 Å². The summed E-state index contributed by atoms with van der Waals surface area (Å²) in [6.45, 7) is 3.97. The van der Waals surface area contributed by atoms with E-state index in [1.807, 2.05) is 23.1 Å². The maximum absolute atomic E-state index is 13.2. The van der Waals surface area contributed by atoms with Gasteiger partial charge in [0, 0.05) is 46.3 Å². The van der Waals surface area contributed by atoms with Crippen LogP contribution in [0.4, 0.5) is 0 Å². The molecule has 0 aromatic heterocycles. The van der Waals surface area contributed by atoms with Crippen molar-refractivity contribution in [1.82, 2.24) is 14.7 Å². The van der Waals surface area contributed by atoms with E-state index in [1.54, 1.807) is 12.0 Å². The number of methoxy groups -OCH3 is 1. The third kappa shape index (κ3) is 4.02. The number of rotatable bonds is 5. The van der Waals surface area contributed by atoms with Crippen LogP contribution in [0, 0.1) is 5.92 Å². The van der Waals surface area contributed by atoms with Gasteiger partial charge in [0.1, 0.15) is 0 Å². The summed E-state index contributed by atoms with van der Waals surface area (Å²) in [5.74, 6) is -0.0741. The van der Waals surface area contributed by atoms with E-state index in [-0.39, 0.29) is 23.8 Å². The number of likely N-dealkylation sites (tertiary alicyclic amines) is 1. The lowest BCUT2D eigenvalue weighted by Gasteiger charge is -2.41. The zero-order valence-corrected chi connectivity index (χ0v) is 15.1. The summed E-state index contributed by atoms with van der Waals surface area (Å²) in [5.41, 5.74) is 1.16. The number of benzene rings is 1. The Bertz CT molecular complexity index is 607. The fourth-order valence-corrected chi connectivity index (χ4v) is 3.73. The third-order valence-electron chi connectivity index (χ3n) is 5.18. The van der Waals surface area contributed by atoms with Crippen molar-refractivity contribution in [3.05, 3.63) is 35.9 Å². The molecule has 25 heavy (non-hydrogen) atoms. The number of hydrogen-bond donors (Lipinski definition) is 0. The highest BCUT2D eigenvalue weighted by atomic mass is 16.5. The average Bonchev–Trinajstić information content (AvgIpc) is 3.01. The summed E-state index contributed by atoms with van der Waals surface area (Å²) in [6.07, 6.45) is 0.316. The summed E-state index contributed by atoms with van der Waals surface area (Å²) in [4.78, 5) is 31.3. The van der Waals surface area contributed by atoms with Gasteiger partial charge >= 0.3 is 0 Å². The van der Waals surface area contributed by atoms with Gasteiger partial charge in [-0.15, -0.1) is 0 Å². The molecule has 0 N–H and O–H groups in total. The molecule has 6 heteroatoms. The Morgan fingerprint density at radius 1 is 1.20 bits per heavy atom. The molecule has 2 amide bonds. The molecule has 0 radical (unpaired) electrons. The number of piperazine rings is 1. The van der Waals surface area contributed by atoms with Gasteiger partial charge in [0.2, 0.25) is 11.8 Å². The molecule has 0 aliphatic carbocycles. The van der Waals surface area contributed by atoms with Crippen molar-refractivity contribution in [3.8, 4) is 0 Å². The SMILES string of the molecule is COCCN1CC(C(=O)N2CCN(C)CC2c2ccccc2)CC1=O. The lowest BCUT2D eigenvalue weighted by molar-refractivity contribution is -0.140. The van der Waals surface area contributed by atoms with Gasteiger partial charge in [0.05, 0.1) is 18.6 Å². The van der Waals surface area contributed by atoms with Crippen LogP contribution in [0.15, 0.2) is 30.3 Å². The van der Waals surface area contributed by atoms with E-state index in [2.05, 4.69) is 24.1 Å². The molecule has 2 aliphatic rings. The van der Waals surface area contributed by atoms with Gasteiger partial charge in [-0.3, -0.25) is 9.59 Å². The van der Waals surface area contributed by atoms with Crippen LogP contribution in [0.1, 0.15) is 18.0 Å². The summed E-state index contributed by atoms with van der Waals surface area (Å²) in [6, 6.07) is 10.2. The Hall–Kier alpha value is -1.92. The molecule has 0 saturated carbocycles. The van der Waals surface area contributed by atoms with Gasteiger partial charge in [0.25, 0.3) is 0 Å². The fraction of sp³-hybridized carbons (Fsp3) is 0.579. The van der Waals surface area contributed by atoms with Crippen LogP contribution in [-0.4, -0.2) is 80.0 Å². The summed E-state index contributed by atoms with van der Waals surface area (Å²) in [5, 5.41) is 0.